The van der Waals surface area contributed by atoms with E-state index in [1.54, 1.807) is 24.3 Å². The van der Waals surface area contributed by atoms with Gasteiger partial charge in [-0.25, -0.2) is 0 Å². The van der Waals surface area contributed by atoms with Gasteiger partial charge in [0, 0.05) is 36.2 Å². The third-order valence-electron chi connectivity index (χ3n) is 5.84. The SMILES string of the molecule is O=C1CCCC(=O)N1c1ccc(NC(=O)C2(c3ccc(Br)cc3)CCOCC2)cc1. The number of halogens is 1. The number of nitrogens with zero attached hydrogens (tertiary/aromatic N) is 1. The van der Waals surface area contributed by atoms with Crippen LogP contribution in [0.2, 0.25) is 0 Å². The fourth-order valence-electron chi connectivity index (χ4n) is 4.12. The number of benzene rings is 2. The highest BCUT2D eigenvalue weighted by molar-refractivity contribution is 9.10. The van der Waals surface area contributed by atoms with Gasteiger partial charge < -0.3 is 10.1 Å². The number of hydrogen-bond donors (Lipinski definition) is 1. The number of hydrogen-bond acceptors (Lipinski definition) is 4. The van der Waals surface area contributed by atoms with Crippen LogP contribution in [-0.2, 0) is 24.5 Å². The molecule has 2 fully saturated rings. The summed E-state index contributed by atoms with van der Waals surface area (Å²) in [7, 11) is 0. The molecule has 1 N–H and O–H groups in total. The Morgan fingerprint density at radius 1 is 0.933 bits per heavy atom. The molecule has 0 unspecified atom stereocenters. The molecule has 2 heterocycles. The summed E-state index contributed by atoms with van der Waals surface area (Å²) in [4.78, 5) is 38.8. The van der Waals surface area contributed by atoms with E-state index in [0.717, 1.165) is 10.0 Å². The van der Waals surface area contributed by atoms with Gasteiger partial charge in [-0.3, -0.25) is 19.3 Å². The molecule has 2 aromatic carbocycles. The second-order valence-electron chi connectivity index (χ2n) is 7.68. The third kappa shape index (κ3) is 4.04. The summed E-state index contributed by atoms with van der Waals surface area (Å²) in [6, 6.07) is 14.7. The molecule has 6 nitrogen and oxygen atoms in total. The molecule has 0 aliphatic carbocycles. The van der Waals surface area contributed by atoms with Gasteiger partial charge in [0.2, 0.25) is 17.7 Å². The van der Waals surface area contributed by atoms with E-state index in [0.29, 0.717) is 56.7 Å². The Balaban J connectivity index is 1.55. The Morgan fingerprint density at radius 3 is 2.13 bits per heavy atom. The van der Waals surface area contributed by atoms with E-state index < -0.39 is 5.41 Å². The minimum absolute atomic E-state index is 0.0778. The van der Waals surface area contributed by atoms with Gasteiger partial charge >= 0.3 is 0 Å². The average Bonchev–Trinajstić information content (AvgIpc) is 2.76. The molecule has 0 bridgehead atoms. The molecule has 2 aromatic rings. The van der Waals surface area contributed by atoms with Crippen LogP contribution in [0.25, 0.3) is 0 Å². The van der Waals surface area contributed by atoms with Gasteiger partial charge in [0.25, 0.3) is 0 Å². The Morgan fingerprint density at radius 2 is 1.53 bits per heavy atom. The molecular weight excluding hydrogens is 448 g/mol. The summed E-state index contributed by atoms with van der Waals surface area (Å²) in [5.74, 6) is -0.440. The largest absolute Gasteiger partial charge is 0.381 e. The second kappa shape index (κ2) is 8.70. The molecule has 156 valence electrons. The Hall–Kier alpha value is -2.51. The Bertz CT molecular complexity index is 934. The predicted molar refractivity (Wildman–Crippen MR) is 117 cm³/mol. The number of rotatable bonds is 4. The van der Waals surface area contributed by atoms with Crippen LogP contribution in [0, 0.1) is 0 Å². The van der Waals surface area contributed by atoms with E-state index in [4.69, 9.17) is 4.74 Å². The molecule has 2 saturated heterocycles. The van der Waals surface area contributed by atoms with Crippen molar-refractivity contribution < 1.29 is 19.1 Å². The highest BCUT2D eigenvalue weighted by Gasteiger charge is 2.41. The van der Waals surface area contributed by atoms with Gasteiger partial charge in [0.15, 0.2) is 0 Å². The molecule has 2 aliphatic heterocycles. The Labute approximate surface area is 183 Å². The molecule has 2 aliphatic rings. The number of piperidine rings is 1. The van der Waals surface area contributed by atoms with Crippen LogP contribution >= 0.6 is 15.9 Å². The van der Waals surface area contributed by atoms with E-state index in [2.05, 4.69) is 21.2 Å². The lowest BCUT2D eigenvalue weighted by Gasteiger charge is -2.36. The normalized spacial score (nSPS) is 18.9. The van der Waals surface area contributed by atoms with Crippen molar-refractivity contribution in [1.82, 2.24) is 0 Å². The zero-order valence-corrected chi connectivity index (χ0v) is 18.1. The van der Waals surface area contributed by atoms with Crippen LogP contribution in [0.3, 0.4) is 0 Å². The second-order valence-corrected chi connectivity index (χ2v) is 8.59. The number of nitrogens with one attached hydrogen (secondary N) is 1. The summed E-state index contributed by atoms with van der Waals surface area (Å²) >= 11 is 3.45. The first-order valence-corrected chi connectivity index (χ1v) is 10.9. The topological polar surface area (TPSA) is 75.7 Å². The van der Waals surface area contributed by atoms with Gasteiger partial charge in [-0.2, -0.15) is 0 Å². The number of carbonyl (C=O) groups excluding carboxylic acids is 3. The number of carbonyl (C=O) groups is 3. The minimum Gasteiger partial charge on any atom is -0.381 e. The van der Waals surface area contributed by atoms with Crippen molar-refractivity contribution in [3.05, 3.63) is 58.6 Å². The average molecular weight is 471 g/mol. The lowest BCUT2D eigenvalue weighted by atomic mass is 9.73. The molecule has 3 amide bonds. The van der Waals surface area contributed by atoms with Crippen molar-refractivity contribution >= 4 is 45.0 Å². The van der Waals surface area contributed by atoms with Crippen molar-refractivity contribution in [2.45, 2.75) is 37.5 Å². The number of ether oxygens (including phenoxy) is 1. The predicted octanol–water partition coefficient (Wildman–Crippen LogP) is 4.18. The molecule has 7 heteroatoms. The maximum atomic E-state index is 13.4. The fourth-order valence-corrected chi connectivity index (χ4v) is 4.39. The van der Waals surface area contributed by atoms with E-state index in [-0.39, 0.29) is 17.7 Å². The van der Waals surface area contributed by atoms with Gasteiger partial charge in [-0.05, 0) is 61.2 Å². The minimum atomic E-state index is -0.656. The van der Waals surface area contributed by atoms with Gasteiger partial charge in [-0.15, -0.1) is 0 Å². The molecule has 0 radical (unpaired) electrons. The molecule has 30 heavy (non-hydrogen) atoms. The van der Waals surface area contributed by atoms with Gasteiger partial charge in [0.05, 0.1) is 11.1 Å². The Kier molecular flexibility index (Phi) is 6.01. The fraction of sp³-hybridized carbons (Fsp3) is 0.348. The summed E-state index contributed by atoms with van der Waals surface area (Å²) in [5, 5.41) is 3.02. The van der Waals surface area contributed by atoms with Crippen molar-refractivity contribution in [1.29, 1.82) is 0 Å². The van der Waals surface area contributed by atoms with Crippen molar-refractivity contribution in [3.63, 3.8) is 0 Å². The zero-order valence-electron chi connectivity index (χ0n) is 16.5. The highest BCUT2D eigenvalue weighted by atomic mass is 79.9. The molecule has 0 aromatic heterocycles. The van der Waals surface area contributed by atoms with Crippen molar-refractivity contribution in [2.75, 3.05) is 23.4 Å². The van der Waals surface area contributed by atoms with Crippen LogP contribution < -0.4 is 10.2 Å². The maximum Gasteiger partial charge on any atom is 0.235 e. The monoisotopic (exact) mass is 470 g/mol. The summed E-state index contributed by atoms with van der Waals surface area (Å²) < 4.78 is 6.48. The van der Waals surface area contributed by atoms with Crippen LogP contribution in [0.15, 0.2) is 53.0 Å². The molecule has 0 saturated carbocycles. The standard InChI is InChI=1S/C23H23BrN2O4/c24-17-6-4-16(5-7-17)23(12-14-30-15-13-23)22(29)25-18-8-10-19(11-9-18)26-20(27)2-1-3-21(26)28/h4-11H,1-3,12-15H2,(H,25,29). The first-order chi connectivity index (χ1) is 14.5. The van der Waals surface area contributed by atoms with Crippen LogP contribution in [0.5, 0.6) is 0 Å². The van der Waals surface area contributed by atoms with E-state index in [9.17, 15) is 14.4 Å². The zero-order chi connectivity index (χ0) is 21.1. The van der Waals surface area contributed by atoms with E-state index in [1.165, 1.54) is 4.90 Å². The first kappa shape index (κ1) is 20.8. The number of imide groups is 1. The lowest BCUT2D eigenvalue weighted by Crippen LogP contribution is -2.44. The van der Waals surface area contributed by atoms with Crippen LogP contribution in [0.1, 0.15) is 37.7 Å². The molecular formula is C23H23BrN2O4. The summed E-state index contributed by atoms with van der Waals surface area (Å²) in [5.41, 5.74) is 1.48. The van der Waals surface area contributed by atoms with Crippen molar-refractivity contribution in [2.24, 2.45) is 0 Å². The summed E-state index contributed by atoms with van der Waals surface area (Å²) in [6.45, 7) is 1.06. The van der Waals surface area contributed by atoms with Gasteiger partial charge in [0.1, 0.15) is 0 Å². The third-order valence-corrected chi connectivity index (χ3v) is 6.37. The molecule has 0 spiro atoms. The molecule has 4 rings (SSSR count). The van der Waals surface area contributed by atoms with E-state index >= 15 is 0 Å². The van der Waals surface area contributed by atoms with Crippen LogP contribution in [0.4, 0.5) is 11.4 Å². The lowest BCUT2D eigenvalue weighted by molar-refractivity contribution is -0.129. The molecule has 0 atom stereocenters. The van der Waals surface area contributed by atoms with Crippen LogP contribution in [-0.4, -0.2) is 30.9 Å². The summed E-state index contributed by atoms with van der Waals surface area (Å²) in [6.07, 6.45) is 2.57. The number of anilines is 2. The maximum absolute atomic E-state index is 13.4. The van der Waals surface area contributed by atoms with Crippen molar-refractivity contribution in [3.8, 4) is 0 Å². The van der Waals surface area contributed by atoms with Gasteiger partial charge in [-0.1, -0.05) is 28.1 Å². The smallest absolute Gasteiger partial charge is 0.235 e. The highest BCUT2D eigenvalue weighted by Crippen LogP contribution is 2.37. The first-order valence-electron chi connectivity index (χ1n) is 10.1. The quantitative estimate of drug-likeness (QED) is 0.679. The van der Waals surface area contributed by atoms with E-state index in [1.807, 2.05) is 24.3 Å². The number of amides is 3.